The lowest BCUT2D eigenvalue weighted by molar-refractivity contribution is -0.113. The molecule has 0 bridgehead atoms. The zero-order chi connectivity index (χ0) is 18.7. The highest BCUT2D eigenvalue weighted by Crippen LogP contribution is 2.28. The van der Waals surface area contributed by atoms with Gasteiger partial charge in [-0.25, -0.2) is 4.39 Å². The van der Waals surface area contributed by atoms with Crippen LogP contribution in [-0.4, -0.2) is 18.1 Å². The molecule has 0 spiro atoms. The molecular weight excluding hydrogens is 353 g/mol. The zero-order valence-corrected chi connectivity index (χ0v) is 15.1. The summed E-state index contributed by atoms with van der Waals surface area (Å²) in [6.45, 7) is 1.78. The largest absolute Gasteiger partial charge is 0.497 e. The molecule has 7 heteroatoms. The van der Waals surface area contributed by atoms with Crippen LogP contribution < -0.4 is 20.7 Å². The normalized spacial score (nSPS) is 16.6. The van der Waals surface area contributed by atoms with Gasteiger partial charge < -0.3 is 20.7 Å². The van der Waals surface area contributed by atoms with Gasteiger partial charge in [-0.15, -0.1) is 0 Å². The second kappa shape index (κ2) is 7.53. The first kappa shape index (κ1) is 17.9. The zero-order valence-electron chi connectivity index (χ0n) is 14.3. The molecule has 1 aliphatic rings. The molecule has 1 unspecified atom stereocenters. The van der Waals surface area contributed by atoms with Crippen molar-refractivity contribution in [2.45, 2.75) is 13.0 Å². The summed E-state index contributed by atoms with van der Waals surface area (Å²) in [5.41, 5.74) is 2.47. The molecule has 1 amide bonds. The number of amides is 1. The maximum absolute atomic E-state index is 13.3. The average Bonchev–Trinajstić information content (AvgIpc) is 2.61. The lowest BCUT2D eigenvalue weighted by atomic mass is 9.95. The van der Waals surface area contributed by atoms with E-state index in [9.17, 15) is 9.18 Å². The molecule has 3 rings (SSSR count). The molecule has 2 aromatic rings. The molecule has 2 aromatic carbocycles. The number of hydrogen-bond acceptors (Lipinski definition) is 3. The molecule has 1 heterocycles. The van der Waals surface area contributed by atoms with Gasteiger partial charge in [0.1, 0.15) is 11.6 Å². The molecule has 134 valence electrons. The van der Waals surface area contributed by atoms with Gasteiger partial charge in [-0.2, -0.15) is 0 Å². The van der Waals surface area contributed by atoms with Crippen LogP contribution in [0.2, 0.25) is 0 Å². The van der Waals surface area contributed by atoms with Gasteiger partial charge in [-0.3, -0.25) is 4.79 Å². The lowest BCUT2D eigenvalue weighted by Gasteiger charge is -2.30. The van der Waals surface area contributed by atoms with Crippen LogP contribution in [0.3, 0.4) is 0 Å². The van der Waals surface area contributed by atoms with Crippen LogP contribution in [0, 0.1) is 5.82 Å². The van der Waals surface area contributed by atoms with E-state index in [2.05, 4.69) is 16.0 Å². The van der Waals surface area contributed by atoms with E-state index in [1.165, 1.54) is 12.1 Å². The Labute approximate surface area is 156 Å². The number of carbonyl (C=O) groups excluding carboxylic acids is 1. The van der Waals surface area contributed by atoms with Crippen LogP contribution in [0.5, 0.6) is 5.75 Å². The van der Waals surface area contributed by atoms with Gasteiger partial charge in [-0.05, 0) is 49.0 Å². The number of benzene rings is 2. The van der Waals surface area contributed by atoms with Crippen molar-refractivity contribution in [2.24, 2.45) is 0 Å². The SMILES string of the molecule is COc1cccc(NC(=O)C2=C(C)NC(=S)NC2c2ccc(F)cc2)c1. The molecule has 3 N–H and O–H groups in total. The second-order valence-electron chi connectivity index (χ2n) is 5.81. The van der Waals surface area contributed by atoms with E-state index in [1.807, 2.05) is 0 Å². The highest BCUT2D eigenvalue weighted by atomic mass is 32.1. The van der Waals surface area contributed by atoms with Gasteiger partial charge in [0.05, 0.1) is 18.7 Å². The first-order valence-corrected chi connectivity index (χ1v) is 8.38. The molecule has 1 aliphatic heterocycles. The maximum atomic E-state index is 13.3. The van der Waals surface area contributed by atoms with Gasteiger partial charge in [0.25, 0.3) is 5.91 Å². The lowest BCUT2D eigenvalue weighted by Crippen LogP contribution is -2.45. The Bertz CT molecular complexity index is 881. The fourth-order valence-electron chi connectivity index (χ4n) is 2.80. The van der Waals surface area contributed by atoms with Gasteiger partial charge in [-0.1, -0.05) is 18.2 Å². The summed E-state index contributed by atoms with van der Waals surface area (Å²) in [5, 5.41) is 9.33. The Kier molecular flexibility index (Phi) is 5.18. The van der Waals surface area contributed by atoms with Crippen molar-refractivity contribution in [2.75, 3.05) is 12.4 Å². The summed E-state index contributed by atoms with van der Waals surface area (Å²) in [5.74, 6) is 0.0191. The third kappa shape index (κ3) is 3.83. The van der Waals surface area contributed by atoms with Crippen molar-refractivity contribution in [3.63, 3.8) is 0 Å². The molecule has 0 fully saturated rings. The number of methoxy groups -OCH3 is 1. The number of halogens is 1. The first-order valence-electron chi connectivity index (χ1n) is 7.97. The topological polar surface area (TPSA) is 62.4 Å². The highest BCUT2D eigenvalue weighted by molar-refractivity contribution is 7.80. The van der Waals surface area contributed by atoms with Gasteiger partial charge in [0.15, 0.2) is 5.11 Å². The van der Waals surface area contributed by atoms with Gasteiger partial charge in [0.2, 0.25) is 0 Å². The summed E-state index contributed by atoms with van der Waals surface area (Å²) < 4.78 is 18.4. The van der Waals surface area contributed by atoms with Crippen molar-refractivity contribution in [3.05, 3.63) is 71.2 Å². The summed E-state index contributed by atoms with van der Waals surface area (Å²) in [6, 6.07) is 12.6. The van der Waals surface area contributed by atoms with Crippen molar-refractivity contribution in [1.82, 2.24) is 10.6 Å². The smallest absolute Gasteiger partial charge is 0.255 e. The van der Waals surface area contributed by atoms with Crippen LogP contribution in [0.25, 0.3) is 0 Å². The van der Waals surface area contributed by atoms with Crippen molar-refractivity contribution in [3.8, 4) is 5.75 Å². The second-order valence-corrected chi connectivity index (χ2v) is 6.22. The molecule has 0 aromatic heterocycles. The maximum Gasteiger partial charge on any atom is 0.255 e. The predicted octanol–water partition coefficient (Wildman–Crippen LogP) is 3.27. The quantitative estimate of drug-likeness (QED) is 0.720. The molecule has 5 nitrogen and oxygen atoms in total. The van der Waals surface area contributed by atoms with Crippen LogP contribution in [0.4, 0.5) is 10.1 Å². The van der Waals surface area contributed by atoms with Crippen LogP contribution >= 0.6 is 12.2 Å². The fourth-order valence-corrected chi connectivity index (χ4v) is 3.07. The number of nitrogens with one attached hydrogen (secondary N) is 3. The number of rotatable bonds is 4. The fraction of sp³-hybridized carbons (Fsp3) is 0.158. The van der Waals surface area contributed by atoms with Crippen molar-refractivity contribution in [1.29, 1.82) is 0 Å². The molecule has 1 atom stereocenters. The van der Waals surface area contributed by atoms with E-state index in [-0.39, 0.29) is 11.7 Å². The molecule has 0 radical (unpaired) electrons. The summed E-state index contributed by atoms with van der Waals surface area (Å²) in [7, 11) is 1.56. The number of anilines is 1. The standard InChI is InChI=1S/C19H18FN3O2S/c1-11-16(18(24)22-14-4-3-5-15(10-14)25-2)17(23-19(26)21-11)12-6-8-13(20)9-7-12/h3-10,17H,1-2H3,(H,22,24)(H2,21,23,26). The number of ether oxygens (including phenoxy) is 1. The molecule has 26 heavy (non-hydrogen) atoms. The van der Waals surface area contributed by atoms with E-state index in [4.69, 9.17) is 17.0 Å². The number of thiocarbonyl (C=S) groups is 1. The summed E-state index contributed by atoms with van der Waals surface area (Å²) in [6.07, 6.45) is 0. The molecular formula is C19H18FN3O2S. The van der Waals surface area contributed by atoms with Crippen LogP contribution in [0.15, 0.2) is 59.8 Å². The minimum Gasteiger partial charge on any atom is -0.497 e. The summed E-state index contributed by atoms with van der Waals surface area (Å²) >= 11 is 5.21. The van der Waals surface area contributed by atoms with Gasteiger partial charge in [0, 0.05) is 17.5 Å². The summed E-state index contributed by atoms with van der Waals surface area (Å²) in [4.78, 5) is 12.9. The third-order valence-electron chi connectivity index (χ3n) is 4.04. The number of hydrogen-bond donors (Lipinski definition) is 3. The van der Waals surface area contributed by atoms with Gasteiger partial charge >= 0.3 is 0 Å². The van der Waals surface area contributed by atoms with Crippen molar-refractivity contribution >= 4 is 28.9 Å². The molecule has 0 saturated heterocycles. The number of allylic oxidation sites excluding steroid dienone is 1. The third-order valence-corrected chi connectivity index (χ3v) is 4.26. The first-order chi connectivity index (χ1) is 12.5. The Morgan fingerprint density at radius 1 is 1.23 bits per heavy atom. The number of carbonyl (C=O) groups is 1. The van der Waals surface area contributed by atoms with E-state index >= 15 is 0 Å². The van der Waals surface area contributed by atoms with E-state index in [0.717, 1.165) is 5.56 Å². The monoisotopic (exact) mass is 371 g/mol. The van der Waals surface area contributed by atoms with E-state index in [1.54, 1.807) is 50.4 Å². The van der Waals surface area contributed by atoms with E-state index < -0.39 is 6.04 Å². The predicted molar refractivity (Wildman–Crippen MR) is 102 cm³/mol. The molecule has 0 saturated carbocycles. The Morgan fingerprint density at radius 3 is 2.65 bits per heavy atom. The minimum absolute atomic E-state index is 0.285. The Morgan fingerprint density at radius 2 is 1.96 bits per heavy atom. The Hall–Kier alpha value is -2.93. The average molecular weight is 371 g/mol. The van der Waals surface area contributed by atoms with Crippen molar-refractivity contribution < 1.29 is 13.9 Å². The van der Waals surface area contributed by atoms with E-state index in [0.29, 0.717) is 27.8 Å². The molecule has 0 aliphatic carbocycles. The van der Waals surface area contributed by atoms with Crippen LogP contribution in [0.1, 0.15) is 18.5 Å². The Balaban J connectivity index is 1.92. The van der Waals surface area contributed by atoms with Crippen LogP contribution in [-0.2, 0) is 4.79 Å². The highest BCUT2D eigenvalue weighted by Gasteiger charge is 2.29. The minimum atomic E-state index is -0.477.